The number of anilines is 1. The molecule has 0 saturated heterocycles. The van der Waals surface area contributed by atoms with Gasteiger partial charge in [-0.15, -0.1) is 10.2 Å². The van der Waals surface area contributed by atoms with Crippen molar-refractivity contribution in [2.24, 2.45) is 0 Å². The number of aromatic nitrogens is 2. The van der Waals surface area contributed by atoms with Crippen molar-refractivity contribution in [2.75, 3.05) is 12.4 Å². The van der Waals surface area contributed by atoms with Gasteiger partial charge in [-0.2, -0.15) is 0 Å². The van der Waals surface area contributed by atoms with Gasteiger partial charge >= 0.3 is 0 Å². The number of rotatable bonds is 3. The van der Waals surface area contributed by atoms with Crippen LogP contribution in [0.5, 0.6) is 0 Å². The van der Waals surface area contributed by atoms with Crippen molar-refractivity contribution in [1.29, 1.82) is 0 Å². The Hall–Kier alpha value is -0.870. The molecule has 0 aliphatic heterocycles. The second-order valence-corrected chi connectivity index (χ2v) is 4.62. The highest BCUT2D eigenvalue weighted by Crippen LogP contribution is 2.28. The molecule has 0 amide bonds. The molecule has 1 aromatic rings. The van der Waals surface area contributed by atoms with Crippen molar-refractivity contribution >= 4 is 17.4 Å². The zero-order chi connectivity index (χ0) is 11.7. The van der Waals surface area contributed by atoms with Crippen molar-refractivity contribution in [1.82, 2.24) is 10.2 Å². The molecule has 16 heavy (non-hydrogen) atoms. The van der Waals surface area contributed by atoms with Gasteiger partial charge in [-0.25, -0.2) is 0 Å². The number of ether oxygens (including phenoxy) is 1. The maximum Gasteiger partial charge on any atom is 0.155 e. The van der Waals surface area contributed by atoms with Crippen LogP contribution in [0.1, 0.15) is 24.0 Å². The van der Waals surface area contributed by atoms with Crippen molar-refractivity contribution in [3.8, 4) is 0 Å². The quantitative estimate of drug-likeness (QED) is 0.883. The molecule has 0 atom stereocenters. The molecule has 88 valence electrons. The molecule has 1 fully saturated rings. The van der Waals surface area contributed by atoms with Gasteiger partial charge in [-0.1, -0.05) is 11.6 Å². The summed E-state index contributed by atoms with van der Waals surface area (Å²) in [6.45, 7) is 3.96. The lowest BCUT2D eigenvalue weighted by atomic mass is 9.89. The fraction of sp³-hybridized carbons (Fsp3) is 0.636. The topological polar surface area (TPSA) is 47.0 Å². The first-order chi connectivity index (χ1) is 7.61. The molecule has 0 aromatic carbocycles. The van der Waals surface area contributed by atoms with Crippen LogP contribution in [0.2, 0.25) is 5.15 Å². The van der Waals surface area contributed by atoms with Gasteiger partial charge in [0, 0.05) is 13.2 Å². The lowest BCUT2D eigenvalue weighted by molar-refractivity contribution is 0.0327. The third-order valence-electron chi connectivity index (χ3n) is 3.23. The molecular weight excluding hydrogens is 226 g/mol. The first-order valence-corrected chi connectivity index (χ1v) is 5.78. The normalized spacial score (nSPS) is 24.0. The van der Waals surface area contributed by atoms with Crippen molar-refractivity contribution in [3.05, 3.63) is 16.3 Å². The lowest BCUT2D eigenvalue weighted by Crippen LogP contribution is -2.40. The lowest BCUT2D eigenvalue weighted by Gasteiger charge is -2.35. The first kappa shape index (κ1) is 11.6. The summed E-state index contributed by atoms with van der Waals surface area (Å²) in [7, 11) is 1.75. The Labute approximate surface area is 100 Å². The van der Waals surface area contributed by atoms with E-state index in [9.17, 15) is 0 Å². The minimum Gasteiger partial charge on any atom is -0.381 e. The average molecular weight is 242 g/mol. The second-order valence-electron chi connectivity index (χ2n) is 4.26. The zero-order valence-corrected chi connectivity index (χ0v) is 10.5. The molecule has 1 saturated carbocycles. The number of hydrogen-bond donors (Lipinski definition) is 1. The molecule has 2 rings (SSSR count). The highest BCUT2D eigenvalue weighted by molar-refractivity contribution is 6.30. The molecule has 0 spiro atoms. The number of nitrogens with one attached hydrogen (secondary N) is 1. The van der Waals surface area contributed by atoms with Gasteiger partial charge in [-0.3, -0.25) is 0 Å². The molecule has 1 heterocycles. The zero-order valence-electron chi connectivity index (χ0n) is 9.75. The van der Waals surface area contributed by atoms with Gasteiger partial charge in [-0.05, 0) is 37.8 Å². The van der Waals surface area contributed by atoms with Crippen LogP contribution in [0.4, 0.5) is 5.82 Å². The van der Waals surface area contributed by atoms with Crippen molar-refractivity contribution in [2.45, 2.75) is 38.8 Å². The number of nitrogens with zero attached hydrogens (tertiary/aromatic N) is 2. The number of methoxy groups -OCH3 is 1. The van der Waals surface area contributed by atoms with Crippen LogP contribution in [-0.2, 0) is 4.74 Å². The predicted molar refractivity (Wildman–Crippen MR) is 64.0 cm³/mol. The Morgan fingerprint density at radius 3 is 2.56 bits per heavy atom. The summed E-state index contributed by atoms with van der Waals surface area (Å²) in [4.78, 5) is 0. The number of hydrogen-bond acceptors (Lipinski definition) is 4. The van der Waals surface area contributed by atoms with E-state index in [-0.39, 0.29) is 0 Å². The van der Waals surface area contributed by atoms with Crippen molar-refractivity contribution < 1.29 is 4.74 Å². The molecule has 1 aromatic heterocycles. The van der Waals surface area contributed by atoms with Crippen LogP contribution in [0.25, 0.3) is 0 Å². The molecule has 1 N–H and O–H groups in total. The minimum atomic E-state index is 0.388. The van der Waals surface area contributed by atoms with Crippen LogP contribution in [0, 0.1) is 13.8 Å². The Bertz CT molecular complexity index is 391. The van der Waals surface area contributed by atoms with E-state index in [1.165, 1.54) is 0 Å². The van der Waals surface area contributed by atoms with E-state index in [2.05, 4.69) is 15.5 Å². The third-order valence-corrected chi connectivity index (χ3v) is 3.59. The van der Waals surface area contributed by atoms with Gasteiger partial charge in [0.2, 0.25) is 0 Å². The molecule has 5 heteroatoms. The maximum atomic E-state index is 5.89. The van der Waals surface area contributed by atoms with E-state index in [0.29, 0.717) is 17.3 Å². The van der Waals surface area contributed by atoms with Crippen molar-refractivity contribution in [3.63, 3.8) is 0 Å². The Kier molecular flexibility index (Phi) is 3.30. The summed E-state index contributed by atoms with van der Waals surface area (Å²) in [6, 6.07) is 0.443. The second kappa shape index (κ2) is 4.55. The van der Waals surface area contributed by atoms with E-state index in [0.717, 1.165) is 29.8 Å². The molecule has 1 aliphatic rings. The Morgan fingerprint density at radius 2 is 1.94 bits per heavy atom. The fourth-order valence-corrected chi connectivity index (χ4v) is 1.96. The predicted octanol–water partition coefficient (Wildman–Crippen LogP) is 2.34. The van der Waals surface area contributed by atoms with E-state index in [1.54, 1.807) is 7.11 Å². The minimum absolute atomic E-state index is 0.388. The van der Waals surface area contributed by atoms with Crippen LogP contribution in [0.3, 0.4) is 0 Å². The fourth-order valence-electron chi connectivity index (χ4n) is 1.78. The Morgan fingerprint density at radius 1 is 1.25 bits per heavy atom. The van der Waals surface area contributed by atoms with Gasteiger partial charge in [0.1, 0.15) is 0 Å². The van der Waals surface area contributed by atoms with E-state index < -0.39 is 0 Å². The number of halogens is 1. The van der Waals surface area contributed by atoms with Crippen LogP contribution >= 0.6 is 11.6 Å². The smallest absolute Gasteiger partial charge is 0.155 e. The summed E-state index contributed by atoms with van der Waals surface area (Å²) in [5, 5.41) is 11.8. The molecule has 0 bridgehead atoms. The highest BCUT2D eigenvalue weighted by Gasteiger charge is 2.29. The molecular formula is C11H16ClN3O. The monoisotopic (exact) mass is 241 g/mol. The average Bonchev–Trinajstić information content (AvgIpc) is 2.22. The van der Waals surface area contributed by atoms with Gasteiger partial charge < -0.3 is 10.1 Å². The summed E-state index contributed by atoms with van der Waals surface area (Å²) in [5.74, 6) is 0.835. The standard InChI is InChI=1S/C11H16ClN3O/c1-6-7(2)11(15-14-10(6)12)13-8-4-9(5-8)16-3/h8-9H,4-5H2,1-3H3,(H,13,15). The maximum absolute atomic E-state index is 5.89. The van der Waals surface area contributed by atoms with Crippen LogP contribution < -0.4 is 5.32 Å². The summed E-state index contributed by atoms with van der Waals surface area (Å²) >= 11 is 5.89. The largest absolute Gasteiger partial charge is 0.381 e. The summed E-state index contributed by atoms with van der Waals surface area (Å²) in [6.07, 6.45) is 2.44. The van der Waals surface area contributed by atoms with Crippen LogP contribution in [0.15, 0.2) is 0 Å². The van der Waals surface area contributed by atoms with E-state index in [1.807, 2.05) is 13.8 Å². The molecule has 4 nitrogen and oxygen atoms in total. The van der Waals surface area contributed by atoms with Crippen LogP contribution in [-0.4, -0.2) is 29.5 Å². The molecule has 0 radical (unpaired) electrons. The molecule has 0 unspecified atom stereocenters. The summed E-state index contributed by atoms with van der Waals surface area (Å²) < 4.78 is 5.23. The summed E-state index contributed by atoms with van der Waals surface area (Å²) in [5.41, 5.74) is 2.06. The Balaban J connectivity index is 2.03. The van der Waals surface area contributed by atoms with Gasteiger partial charge in [0.05, 0.1) is 6.10 Å². The SMILES string of the molecule is COC1CC(Nc2nnc(Cl)c(C)c2C)C1. The third kappa shape index (κ3) is 2.13. The van der Waals surface area contributed by atoms with E-state index in [4.69, 9.17) is 16.3 Å². The van der Waals surface area contributed by atoms with E-state index >= 15 is 0 Å². The highest BCUT2D eigenvalue weighted by atomic mass is 35.5. The van der Waals surface area contributed by atoms with Gasteiger partial charge in [0.15, 0.2) is 11.0 Å². The first-order valence-electron chi connectivity index (χ1n) is 5.40. The molecule has 1 aliphatic carbocycles. The van der Waals surface area contributed by atoms with Gasteiger partial charge in [0.25, 0.3) is 0 Å².